The normalized spacial score (nSPS) is 14.3. The van der Waals surface area contributed by atoms with Crippen molar-refractivity contribution < 1.29 is 27.5 Å². The van der Waals surface area contributed by atoms with Crippen LogP contribution in [0.15, 0.2) is 59.5 Å². The lowest BCUT2D eigenvalue weighted by molar-refractivity contribution is -0.156. The van der Waals surface area contributed by atoms with Crippen molar-refractivity contribution in [1.82, 2.24) is 24.7 Å². The molecule has 4 rings (SSSR count). The Kier molecular flexibility index (Phi) is 9.32. The van der Waals surface area contributed by atoms with Gasteiger partial charge in [-0.15, -0.1) is 0 Å². The number of fused-ring (bicyclic) bond motifs is 1. The predicted molar refractivity (Wildman–Crippen MR) is 156 cm³/mol. The molecule has 0 fully saturated rings. The number of nitriles is 1. The van der Waals surface area contributed by atoms with Gasteiger partial charge in [-0.25, -0.2) is 8.42 Å². The summed E-state index contributed by atoms with van der Waals surface area (Å²) >= 11 is 0. The summed E-state index contributed by atoms with van der Waals surface area (Å²) in [6, 6.07) is 15.1. The molecule has 0 unspecified atom stereocenters. The molecule has 226 valence electrons. The van der Waals surface area contributed by atoms with Gasteiger partial charge in [0.25, 0.3) is 11.8 Å². The number of amides is 2. The molecule has 43 heavy (non-hydrogen) atoms. The van der Waals surface area contributed by atoms with Gasteiger partial charge in [-0.3, -0.25) is 19.1 Å². The van der Waals surface area contributed by atoms with Gasteiger partial charge in [0.15, 0.2) is 5.69 Å². The molecular formula is C30H34N6O6S. The SMILES string of the molecule is Cc1ccc(S(=O)(=O)N[C@@H](CNC(=O)c2cc3n(n2)CCCN(Cc2cccc(C#N)c2)C3=O)C(=O)OC(C)(C)C)cc1. The number of sulfonamides is 1. The number of carbonyl (C=O) groups excluding carboxylic acids is 3. The highest BCUT2D eigenvalue weighted by Crippen LogP contribution is 2.18. The first-order valence-electron chi connectivity index (χ1n) is 13.7. The molecule has 0 aliphatic carbocycles. The van der Waals surface area contributed by atoms with E-state index in [0.717, 1.165) is 11.1 Å². The van der Waals surface area contributed by atoms with Crippen LogP contribution in [0.25, 0.3) is 0 Å². The van der Waals surface area contributed by atoms with E-state index >= 15 is 0 Å². The third kappa shape index (κ3) is 8.06. The number of aryl methyl sites for hydroxylation is 2. The molecule has 0 saturated carbocycles. The van der Waals surface area contributed by atoms with Gasteiger partial charge in [-0.1, -0.05) is 29.8 Å². The van der Waals surface area contributed by atoms with E-state index in [1.807, 2.05) is 13.0 Å². The second-order valence-electron chi connectivity index (χ2n) is 11.3. The zero-order chi connectivity index (χ0) is 31.4. The third-order valence-electron chi connectivity index (χ3n) is 6.53. The van der Waals surface area contributed by atoms with Gasteiger partial charge in [0.1, 0.15) is 17.3 Å². The average Bonchev–Trinajstić information content (AvgIpc) is 3.32. The van der Waals surface area contributed by atoms with Crippen molar-refractivity contribution in [3.63, 3.8) is 0 Å². The molecule has 3 aromatic rings. The van der Waals surface area contributed by atoms with Crippen molar-refractivity contribution in [2.24, 2.45) is 0 Å². The lowest BCUT2D eigenvalue weighted by Gasteiger charge is -2.24. The first kappa shape index (κ1) is 31.4. The summed E-state index contributed by atoms with van der Waals surface area (Å²) in [5.74, 6) is -1.87. The standard InChI is InChI=1S/C30H34N6O6S/c1-20-9-11-23(12-10-20)43(40,41)34-25(29(39)42-30(2,3)4)18-32-27(37)24-16-26-28(38)35(13-6-14-36(26)33-24)19-22-8-5-7-21(15-22)17-31/h5,7-12,15-16,25,34H,6,13-14,18-19H2,1-4H3,(H,32,37)/t25-/m0/s1. The first-order chi connectivity index (χ1) is 20.3. The fraction of sp³-hybridized carbons (Fsp3) is 0.367. The zero-order valence-electron chi connectivity index (χ0n) is 24.5. The van der Waals surface area contributed by atoms with Gasteiger partial charge >= 0.3 is 5.97 Å². The minimum absolute atomic E-state index is 0.0433. The summed E-state index contributed by atoms with van der Waals surface area (Å²) in [5, 5.41) is 16.0. The molecule has 1 atom stereocenters. The van der Waals surface area contributed by atoms with Crippen LogP contribution in [0, 0.1) is 18.3 Å². The van der Waals surface area contributed by atoms with Crippen molar-refractivity contribution in [3.8, 4) is 6.07 Å². The molecule has 0 saturated heterocycles. The van der Waals surface area contributed by atoms with Gasteiger partial charge in [0.2, 0.25) is 10.0 Å². The first-order valence-corrected chi connectivity index (χ1v) is 15.2. The van der Waals surface area contributed by atoms with Gasteiger partial charge in [0.05, 0.1) is 16.5 Å². The summed E-state index contributed by atoms with van der Waals surface area (Å²) < 4.78 is 35.3. The molecule has 12 nitrogen and oxygen atoms in total. The smallest absolute Gasteiger partial charge is 0.326 e. The van der Waals surface area contributed by atoms with E-state index in [1.54, 1.807) is 56.0 Å². The molecule has 2 amide bonds. The molecule has 2 N–H and O–H groups in total. The number of ether oxygens (including phenoxy) is 1. The molecule has 1 aliphatic rings. The summed E-state index contributed by atoms with van der Waals surface area (Å²) in [6.45, 7) is 7.50. The number of carbonyl (C=O) groups is 3. The van der Waals surface area contributed by atoms with E-state index in [4.69, 9.17) is 4.74 Å². The Bertz CT molecular complexity index is 1670. The van der Waals surface area contributed by atoms with Crippen LogP contribution in [-0.4, -0.2) is 65.6 Å². The number of nitrogens with one attached hydrogen (secondary N) is 2. The Morgan fingerprint density at radius 3 is 2.51 bits per heavy atom. The Labute approximate surface area is 250 Å². The van der Waals surface area contributed by atoms with Gasteiger partial charge in [-0.05, 0) is 63.9 Å². The molecule has 0 radical (unpaired) electrons. The molecule has 1 aliphatic heterocycles. The molecule has 0 spiro atoms. The molecule has 2 aromatic carbocycles. The van der Waals surface area contributed by atoms with Crippen molar-refractivity contribution in [1.29, 1.82) is 5.26 Å². The minimum atomic E-state index is -4.13. The summed E-state index contributed by atoms with van der Waals surface area (Å²) in [4.78, 5) is 41.0. The Morgan fingerprint density at radius 2 is 1.84 bits per heavy atom. The van der Waals surface area contributed by atoms with Crippen molar-refractivity contribution in [2.75, 3.05) is 13.1 Å². The largest absolute Gasteiger partial charge is 0.459 e. The molecule has 0 bridgehead atoms. The fourth-order valence-electron chi connectivity index (χ4n) is 4.46. The number of nitrogens with zero attached hydrogens (tertiary/aromatic N) is 4. The zero-order valence-corrected chi connectivity index (χ0v) is 25.3. The lowest BCUT2D eigenvalue weighted by atomic mass is 10.1. The van der Waals surface area contributed by atoms with Crippen LogP contribution in [0.4, 0.5) is 0 Å². The molecule has 2 heterocycles. The second-order valence-corrected chi connectivity index (χ2v) is 13.0. The molecular weight excluding hydrogens is 572 g/mol. The number of benzene rings is 2. The number of aromatic nitrogens is 2. The highest BCUT2D eigenvalue weighted by atomic mass is 32.2. The fourth-order valence-corrected chi connectivity index (χ4v) is 5.64. The average molecular weight is 607 g/mol. The van der Waals surface area contributed by atoms with E-state index in [-0.39, 0.29) is 22.2 Å². The predicted octanol–water partition coefficient (Wildman–Crippen LogP) is 2.53. The van der Waals surface area contributed by atoms with Crippen LogP contribution >= 0.6 is 0 Å². The van der Waals surface area contributed by atoms with E-state index in [2.05, 4.69) is 21.2 Å². The van der Waals surface area contributed by atoms with Crippen molar-refractivity contribution >= 4 is 27.8 Å². The van der Waals surface area contributed by atoms with Crippen molar-refractivity contribution in [3.05, 3.63) is 82.7 Å². The van der Waals surface area contributed by atoms with E-state index in [1.165, 1.54) is 22.9 Å². The number of rotatable bonds is 9. The summed E-state index contributed by atoms with van der Waals surface area (Å²) in [6.07, 6.45) is 0.598. The third-order valence-corrected chi connectivity index (χ3v) is 8.02. The monoisotopic (exact) mass is 606 g/mol. The maximum absolute atomic E-state index is 13.4. The van der Waals surface area contributed by atoms with Gasteiger partial charge < -0.3 is 15.0 Å². The maximum Gasteiger partial charge on any atom is 0.326 e. The van der Waals surface area contributed by atoms with E-state index in [9.17, 15) is 28.1 Å². The van der Waals surface area contributed by atoms with Crippen LogP contribution < -0.4 is 10.0 Å². The number of hydrogen-bond acceptors (Lipinski definition) is 8. The van der Waals surface area contributed by atoms with E-state index in [0.29, 0.717) is 31.6 Å². The number of hydrogen-bond donors (Lipinski definition) is 2. The van der Waals surface area contributed by atoms with Crippen LogP contribution in [0.3, 0.4) is 0 Å². The van der Waals surface area contributed by atoms with Crippen LogP contribution in [0.1, 0.15) is 64.9 Å². The second kappa shape index (κ2) is 12.8. The summed E-state index contributed by atoms with van der Waals surface area (Å²) in [7, 11) is -4.13. The highest BCUT2D eigenvalue weighted by molar-refractivity contribution is 7.89. The maximum atomic E-state index is 13.4. The van der Waals surface area contributed by atoms with Gasteiger partial charge in [0, 0.05) is 32.2 Å². The van der Waals surface area contributed by atoms with Crippen molar-refractivity contribution in [2.45, 2.75) is 63.7 Å². The molecule has 13 heteroatoms. The summed E-state index contributed by atoms with van der Waals surface area (Å²) in [5.41, 5.74) is 1.43. The topological polar surface area (TPSA) is 163 Å². The highest BCUT2D eigenvalue weighted by Gasteiger charge is 2.31. The Hall–Kier alpha value is -4.54. The van der Waals surface area contributed by atoms with E-state index < -0.39 is 40.1 Å². The van der Waals surface area contributed by atoms with Crippen LogP contribution in [-0.2, 0) is 32.6 Å². The lowest BCUT2D eigenvalue weighted by Crippen LogP contribution is -2.50. The van der Waals surface area contributed by atoms with Crippen LogP contribution in [0.2, 0.25) is 0 Å². The van der Waals surface area contributed by atoms with Gasteiger partial charge in [-0.2, -0.15) is 15.1 Å². The number of esters is 1. The minimum Gasteiger partial charge on any atom is -0.459 e. The molecule has 1 aromatic heterocycles. The Balaban J connectivity index is 1.49. The quantitative estimate of drug-likeness (QED) is 0.351. The Morgan fingerprint density at radius 1 is 1.12 bits per heavy atom. The van der Waals surface area contributed by atoms with Crippen LogP contribution in [0.5, 0.6) is 0 Å².